The molecule has 0 N–H and O–H groups in total. The predicted octanol–water partition coefficient (Wildman–Crippen LogP) is 4.03. The molecule has 7 nitrogen and oxygen atoms in total. The van der Waals surface area contributed by atoms with Gasteiger partial charge in [-0.05, 0) is 56.0 Å². The first-order valence-corrected chi connectivity index (χ1v) is 14.5. The number of amides is 1. The smallest absolute Gasteiger partial charge is 0.255 e. The Hall–Kier alpha value is -2.43. The average molecular weight is 552 g/mol. The number of rotatable bonds is 4. The minimum absolute atomic E-state index is 0.0181. The fraction of sp³-hybridized carbons (Fsp3) is 0.500. The maximum atomic E-state index is 13.7. The van der Waals surface area contributed by atoms with Gasteiger partial charge in [0.15, 0.2) is 0 Å². The van der Waals surface area contributed by atoms with Gasteiger partial charge in [-0.3, -0.25) is 4.79 Å². The van der Waals surface area contributed by atoms with Gasteiger partial charge < -0.3 is 14.5 Å². The topological polar surface area (TPSA) is 70.2 Å². The number of fused-ring (bicyclic) bond motifs is 3. The molecule has 2 bridgehead atoms. The van der Waals surface area contributed by atoms with Crippen LogP contribution in [0.4, 0.5) is 14.5 Å². The fourth-order valence-corrected chi connectivity index (χ4v) is 7.90. The van der Waals surface area contributed by atoms with E-state index in [2.05, 4.69) is 4.90 Å². The molecule has 0 unspecified atom stereocenters. The van der Waals surface area contributed by atoms with Crippen LogP contribution < -0.4 is 9.64 Å². The molecule has 1 amide bonds. The Bertz CT molecular complexity index is 1340. The molecule has 3 fully saturated rings. The van der Waals surface area contributed by atoms with E-state index in [1.807, 2.05) is 0 Å². The van der Waals surface area contributed by atoms with Crippen molar-refractivity contribution in [2.24, 2.45) is 0 Å². The van der Waals surface area contributed by atoms with Gasteiger partial charge in [0.2, 0.25) is 10.0 Å². The highest BCUT2D eigenvalue weighted by Crippen LogP contribution is 2.45. The Kier molecular flexibility index (Phi) is 6.32. The molecule has 3 saturated heterocycles. The monoisotopic (exact) mass is 551 g/mol. The summed E-state index contributed by atoms with van der Waals surface area (Å²) in [6.45, 7) is 1.71. The zero-order valence-electron chi connectivity index (χ0n) is 20.2. The molecule has 0 aromatic heterocycles. The van der Waals surface area contributed by atoms with E-state index in [0.29, 0.717) is 31.9 Å². The van der Waals surface area contributed by atoms with Gasteiger partial charge in [0.1, 0.15) is 17.7 Å². The molecule has 0 radical (unpaired) electrons. The molecule has 4 aliphatic heterocycles. The maximum Gasteiger partial charge on any atom is 0.255 e. The van der Waals surface area contributed by atoms with Crippen LogP contribution in [0.3, 0.4) is 0 Å². The van der Waals surface area contributed by atoms with Gasteiger partial charge in [0.05, 0.1) is 27.8 Å². The molecule has 4 heterocycles. The summed E-state index contributed by atoms with van der Waals surface area (Å²) < 4.78 is 61.5. The van der Waals surface area contributed by atoms with E-state index < -0.39 is 22.0 Å². The molecule has 198 valence electrons. The summed E-state index contributed by atoms with van der Waals surface area (Å²) in [7, 11) is -3.78. The molecular formula is C26H28ClF2N3O4S. The van der Waals surface area contributed by atoms with Crippen LogP contribution >= 0.6 is 11.6 Å². The van der Waals surface area contributed by atoms with Crippen LogP contribution in [0.1, 0.15) is 41.6 Å². The van der Waals surface area contributed by atoms with Gasteiger partial charge in [-0.1, -0.05) is 11.6 Å². The van der Waals surface area contributed by atoms with Gasteiger partial charge in [-0.25, -0.2) is 17.2 Å². The Labute approximate surface area is 220 Å². The number of hydrogen-bond acceptors (Lipinski definition) is 5. The molecule has 2 aromatic rings. The number of piperazine rings is 1. The second-order valence-electron chi connectivity index (χ2n) is 10.2. The Balaban J connectivity index is 1.30. The first-order valence-electron chi connectivity index (χ1n) is 12.7. The summed E-state index contributed by atoms with van der Waals surface area (Å²) in [6.07, 6.45) is 1.77. The third-order valence-corrected chi connectivity index (χ3v) is 10.2. The van der Waals surface area contributed by atoms with E-state index in [0.717, 1.165) is 30.2 Å². The summed E-state index contributed by atoms with van der Waals surface area (Å²) in [6, 6.07) is 7.14. The molecule has 0 aliphatic carbocycles. The minimum Gasteiger partial charge on any atom is -0.491 e. The molecule has 0 saturated carbocycles. The van der Waals surface area contributed by atoms with Crippen LogP contribution in [0.5, 0.6) is 5.75 Å². The van der Waals surface area contributed by atoms with Crippen molar-refractivity contribution >= 4 is 33.2 Å². The number of carbonyl (C=O) groups excluding carboxylic acids is 1. The van der Waals surface area contributed by atoms with E-state index in [-0.39, 0.29) is 59.4 Å². The number of ether oxygens (including phenoxy) is 1. The molecule has 37 heavy (non-hydrogen) atoms. The van der Waals surface area contributed by atoms with Crippen LogP contribution in [-0.2, 0) is 16.4 Å². The minimum atomic E-state index is -3.78. The lowest BCUT2D eigenvalue weighted by Crippen LogP contribution is -2.55. The Morgan fingerprint density at radius 2 is 1.73 bits per heavy atom. The lowest BCUT2D eigenvalue weighted by atomic mass is 10.1. The van der Waals surface area contributed by atoms with Crippen LogP contribution in [0.2, 0.25) is 5.02 Å². The van der Waals surface area contributed by atoms with Gasteiger partial charge in [0, 0.05) is 50.2 Å². The second kappa shape index (κ2) is 9.39. The third-order valence-electron chi connectivity index (χ3n) is 7.97. The lowest BCUT2D eigenvalue weighted by Gasteiger charge is -2.43. The third kappa shape index (κ3) is 4.36. The van der Waals surface area contributed by atoms with Crippen molar-refractivity contribution in [3.05, 3.63) is 52.3 Å². The van der Waals surface area contributed by atoms with Crippen LogP contribution in [0, 0.1) is 5.82 Å². The van der Waals surface area contributed by atoms with Gasteiger partial charge in [-0.15, -0.1) is 0 Å². The van der Waals surface area contributed by atoms with Crippen molar-refractivity contribution in [1.82, 2.24) is 9.21 Å². The number of carbonyl (C=O) groups is 1. The zero-order chi connectivity index (χ0) is 25.9. The number of alkyl halides is 1. The van der Waals surface area contributed by atoms with E-state index in [1.54, 1.807) is 17.0 Å². The maximum absolute atomic E-state index is 13.7. The number of halogens is 3. The van der Waals surface area contributed by atoms with Crippen LogP contribution in [-0.4, -0.2) is 74.6 Å². The van der Waals surface area contributed by atoms with Crippen molar-refractivity contribution < 1.29 is 26.7 Å². The Morgan fingerprint density at radius 1 is 1.03 bits per heavy atom. The molecule has 6 rings (SSSR count). The highest BCUT2D eigenvalue weighted by Gasteiger charge is 2.44. The number of anilines is 1. The zero-order valence-corrected chi connectivity index (χ0v) is 21.8. The van der Waals surface area contributed by atoms with Gasteiger partial charge >= 0.3 is 0 Å². The first-order chi connectivity index (χ1) is 17.7. The first kappa shape index (κ1) is 24.9. The van der Waals surface area contributed by atoms with Crippen molar-refractivity contribution in [1.29, 1.82) is 0 Å². The van der Waals surface area contributed by atoms with E-state index in [9.17, 15) is 22.0 Å². The Morgan fingerprint density at radius 3 is 2.41 bits per heavy atom. The number of hydrogen-bond donors (Lipinski definition) is 0. The fourth-order valence-electron chi connectivity index (χ4n) is 6.11. The molecule has 2 atom stereocenters. The van der Waals surface area contributed by atoms with Gasteiger partial charge in [0.25, 0.3) is 5.91 Å². The molecule has 11 heteroatoms. The summed E-state index contributed by atoms with van der Waals surface area (Å²) in [5.74, 6) is -0.0283. The van der Waals surface area contributed by atoms with Gasteiger partial charge in [-0.2, -0.15) is 4.31 Å². The van der Waals surface area contributed by atoms with Crippen molar-refractivity contribution in [3.63, 3.8) is 0 Å². The number of sulfonamides is 1. The molecule has 2 aromatic carbocycles. The quantitative estimate of drug-likeness (QED) is 0.574. The summed E-state index contributed by atoms with van der Waals surface area (Å²) >= 11 is 6.16. The number of nitrogens with zero attached hydrogens (tertiary/aromatic N) is 3. The lowest BCUT2D eigenvalue weighted by molar-refractivity contribution is 0.0718. The summed E-state index contributed by atoms with van der Waals surface area (Å²) in [5, 5.41) is 0.0840. The standard InChI is InChI=1S/C26H28ClF2N3O4S/c27-23-12-18(29)1-4-22(23)26(33)30-14-19-2-3-20(15-30)32(19)24-13-21(11-16-7-10-36-25(16)24)37(34,35)31-8-5-17(28)6-9-31/h1,4,11-13,17,19-20H,2-3,5-10,14-15H2/t19-,20+. The van der Waals surface area contributed by atoms with Crippen molar-refractivity contribution in [2.75, 3.05) is 37.7 Å². The van der Waals surface area contributed by atoms with Crippen molar-refractivity contribution in [3.8, 4) is 5.75 Å². The van der Waals surface area contributed by atoms with E-state index >= 15 is 0 Å². The van der Waals surface area contributed by atoms with E-state index in [4.69, 9.17) is 16.3 Å². The highest BCUT2D eigenvalue weighted by molar-refractivity contribution is 7.89. The molecule has 4 aliphatic rings. The van der Waals surface area contributed by atoms with Crippen molar-refractivity contribution in [2.45, 2.75) is 55.3 Å². The summed E-state index contributed by atoms with van der Waals surface area (Å²) in [4.78, 5) is 17.4. The normalized spacial score (nSPS) is 24.3. The SMILES string of the molecule is O=C(c1ccc(F)cc1Cl)N1C[C@H]2CC[C@@H](C1)N2c1cc(S(=O)(=O)N2CCC(F)CC2)cc2c1OCC2. The largest absolute Gasteiger partial charge is 0.491 e. The second-order valence-corrected chi connectivity index (χ2v) is 12.6. The van der Waals surface area contributed by atoms with Crippen LogP contribution in [0.25, 0.3) is 0 Å². The van der Waals surface area contributed by atoms with E-state index in [1.165, 1.54) is 16.4 Å². The predicted molar refractivity (Wildman–Crippen MR) is 135 cm³/mol. The van der Waals surface area contributed by atoms with Crippen LogP contribution in [0.15, 0.2) is 35.2 Å². The summed E-state index contributed by atoms with van der Waals surface area (Å²) in [5.41, 5.74) is 1.87. The molecule has 0 spiro atoms. The average Bonchev–Trinajstić information content (AvgIpc) is 3.45. The highest BCUT2D eigenvalue weighted by atomic mass is 35.5. The molecular weight excluding hydrogens is 524 g/mol. The number of likely N-dealkylation sites (tertiary alicyclic amines) is 1. The number of piperidine rings is 1. The number of benzene rings is 2.